The highest BCUT2D eigenvalue weighted by Gasteiger charge is 2.64. The lowest BCUT2D eigenvalue weighted by atomic mass is 9.55. The second-order valence-corrected chi connectivity index (χ2v) is 10.0. The summed E-state index contributed by atoms with van der Waals surface area (Å²) in [6.45, 7) is 4.00. The van der Waals surface area contributed by atoms with Gasteiger partial charge in [-0.05, 0) is 72.3 Å². The minimum absolute atomic E-state index is 0.0808. The number of benzene rings is 2. The van der Waals surface area contributed by atoms with Crippen LogP contribution in [0.25, 0.3) is 0 Å². The standard InChI is InChI=1S/C27H32O5/c1-16(28)32-26-25(30)24(29)23-22-10-8-18-14-19(31-15-17-6-4-3-5-7-17)9-11-20(18)21(22)12-13-27(23,26)2/h3-7,9,11,14,21-26,29-30H,8,10,12-13,15H2,1-2H3. The number of carbonyl (C=O) groups excluding carboxylic acids is 1. The fraction of sp³-hybridized carbons (Fsp3) is 0.519. The smallest absolute Gasteiger partial charge is 0.303 e. The van der Waals surface area contributed by atoms with Crippen molar-refractivity contribution in [2.75, 3.05) is 0 Å². The van der Waals surface area contributed by atoms with Crippen LogP contribution in [-0.2, 0) is 22.6 Å². The van der Waals surface area contributed by atoms with E-state index in [9.17, 15) is 15.0 Å². The lowest BCUT2D eigenvalue weighted by molar-refractivity contribution is -0.161. The zero-order chi connectivity index (χ0) is 22.5. The van der Waals surface area contributed by atoms with Gasteiger partial charge in [0.2, 0.25) is 0 Å². The van der Waals surface area contributed by atoms with Crippen LogP contribution in [0.4, 0.5) is 0 Å². The molecule has 32 heavy (non-hydrogen) atoms. The van der Waals surface area contributed by atoms with Crippen LogP contribution in [0.2, 0.25) is 0 Å². The van der Waals surface area contributed by atoms with Gasteiger partial charge in [-0.25, -0.2) is 0 Å². The number of esters is 1. The van der Waals surface area contributed by atoms with Crippen LogP contribution in [-0.4, -0.2) is 34.5 Å². The van der Waals surface area contributed by atoms with Crippen LogP contribution in [0.3, 0.4) is 0 Å². The molecule has 2 saturated carbocycles. The second kappa shape index (κ2) is 8.20. The van der Waals surface area contributed by atoms with Gasteiger partial charge >= 0.3 is 5.97 Å². The molecule has 0 amide bonds. The van der Waals surface area contributed by atoms with E-state index in [1.54, 1.807) is 0 Å². The number of rotatable bonds is 4. The highest BCUT2D eigenvalue weighted by molar-refractivity contribution is 5.66. The van der Waals surface area contributed by atoms with Gasteiger partial charge in [0.05, 0.1) is 6.10 Å². The molecule has 0 aromatic heterocycles. The van der Waals surface area contributed by atoms with Gasteiger partial charge in [-0.2, -0.15) is 0 Å². The molecule has 2 fully saturated rings. The molecule has 170 valence electrons. The molecule has 0 spiro atoms. The quantitative estimate of drug-likeness (QED) is 0.709. The van der Waals surface area contributed by atoms with Crippen LogP contribution in [0.5, 0.6) is 5.75 Å². The highest BCUT2D eigenvalue weighted by Crippen LogP contribution is 2.61. The van der Waals surface area contributed by atoms with Crippen molar-refractivity contribution in [3.05, 3.63) is 65.2 Å². The molecule has 0 bridgehead atoms. The third-order valence-corrected chi connectivity index (χ3v) is 8.21. The molecule has 7 unspecified atom stereocenters. The largest absolute Gasteiger partial charge is 0.489 e. The summed E-state index contributed by atoms with van der Waals surface area (Å²) >= 11 is 0. The van der Waals surface area contributed by atoms with Crippen molar-refractivity contribution in [2.24, 2.45) is 17.3 Å². The first-order chi connectivity index (χ1) is 15.4. The number of aryl methyl sites for hydroxylation is 1. The molecule has 3 aliphatic rings. The summed E-state index contributed by atoms with van der Waals surface area (Å²) in [5, 5.41) is 21.7. The maximum atomic E-state index is 11.7. The maximum absolute atomic E-state index is 11.7. The van der Waals surface area contributed by atoms with E-state index >= 15 is 0 Å². The van der Waals surface area contributed by atoms with Crippen LogP contribution in [0.1, 0.15) is 55.7 Å². The Kier molecular flexibility index (Phi) is 5.50. The number of hydrogen-bond donors (Lipinski definition) is 2. The van der Waals surface area contributed by atoms with Crippen LogP contribution >= 0.6 is 0 Å². The van der Waals surface area contributed by atoms with Gasteiger partial charge in [0, 0.05) is 12.3 Å². The van der Waals surface area contributed by atoms with E-state index in [2.05, 4.69) is 37.3 Å². The molecule has 5 nitrogen and oxygen atoms in total. The summed E-state index contributed by atoms with van der Waals surface area (Å²) in [6, 6.07) is 16.6. The first-order valence-electron chi connectivity index (χ1n) is 11.7. The Bertz CT molecular complexity index is 989. The van der Waals surface area contributed by atoms with E-state index < -0.39 is 29.7 Å². The molecule has 5 rings (SSSR count). The number of hydrogen-bond acceptors (Lipinski definition) is 5. The van der Waals surface area contributed by atoms with Crippen molar-refractivity contribution in [2.45, 2.75) is 70.4 Å². The second-order valence-electron chi connectivity index (χ2n) is 10.0. The Hall–Kier alpha value is -2.37. The van der Waals surface area contributed by atoms with Crippen LogP contribution in [0.15, 0.2) is 48.5 Å². The zero-order valence-electron chi connectivity index (χ0n) is 18.7. The van der Waals surface area contributed by atoms with Crippen LogP contribution < -0.4 is 4.74 Å². The summed E-state index contributed by atoms with van der Waals surface area (Å²) < 4.78 is 11.6. The molecule has 5 heteroatoms. The summed E-state index contributed by atoms with van der Waals surface area (Å²) in [6.07, 6.45) is 1.12. The molecular formula is C27H32O5. The molecule has 7 atom stereocenters. The Balaban J connectivity index is 1.36. The van der Waals surface area contributed by atoms with E-state index in [1.807, 2.05) is 18.2 Å². The van der Waals surface area contributed by atoms with Gasteiger partial charge in [0.1, 0.15) is 24.6 Å². The van der Waals surface area contributed by atoms with Gasteiger partial charge in [-0.3, -0.25) is 4.79 Å². The lowest BCUT2D eigenvalue weighted by Crippen LogP contribution is -2.47. The molecule has 0 saturated heterocycles. The van der Waals surface area contributed by atoms with E-state index in [1.165, 1.54) is 18.1 Å². The summed E-state index contributed by atoms with van der Waals surface area (Å²) in [5.41, 5.74) is 3.41. The minimum Gasteiger partial charge on any atom is -0.489 e. The Morgan fingerprint density at radius 2 is 1.88 bits per heavy atom. The molecule has 0 heterocycles. The minimum atomic E-state index is -1.03. The first-order valence-corrected chi connectivity index (χ1v) is 11.7. The van der Waals surface area contributed by atoms with Gasteiger partial charge in [-0.15, -0.1) is 0 Å². The van der Waals surface area contributed by atoms with Crippen molar-refractivity contribution < 1.29 is 24.5 Å². The number of aliphatic hydroxyl groups is 2. The molecule has 2 N–H and O–H groups in total. The third-order valence-electron chi connectivity index (χ3n) is 8.21. The molecule has 0 radical (unpaired) electrons. The van der Waals surface area contributed by atoms with Crippen molar-refractivity contribution >= 4 is 5.97 Å². The van der Waals surface area contributed by atoms with E-state index in [4.69, 9.17) is 9.47 Å². The predicted octanol–water partition coefficient (Wildman–Crippen LogP) is 4.00. The average molecular weight is 437 g/mol. The molecule has 2 aromatic carbocycles. The Morgan fingerprint density at radius 3 is 2.62 bits per heavy atom. The van der Waals surface area contributed by atoms with Gasteiger partial charge in [0.25, 0.3) is 0 Å². The zero-order valence-corrected chi connectivity index (χ0v) is 18.7. The summed E-state index contributed by atoms with van der Waals surface area (Å²) in [7, 11) is 0. The molecule has 3 aliphatic carbocycles. The summed E-state index contributed by atoms with van der Waals surface area (Å²) in [5.74, 6) is 1.02. The van der Waals surface area contributed by atoms with Gasteiger partial charge in [0.15, 0.2) is 0 Å². The van der Waals surface area contributed by atoms with E-state index in [0.717, 1.165) is 37.0 Å². The monoisotopic (exact) mass is 436 g/mol. The van der Waals surface area contributed by atoms with E-state index in [0.29, 0.717) is 12.5 Å². The first kappa shape index (κ1) is 21.5. The molecule has 2 aromatic rings. The van der Waals surface area contributed by atoms with Crippen LogP contribution in [0, 0.1) is 17.3 Å². The number of ether oxygens (including phenoxy) is 2. The fourth-order valence-electron chi connectivity index (χ4n) is 6.81. The lowest BCUT2D eigenvalue weighted by Gasteiger charge is -2.50. The van der Waals surface area contributed by atoms with Gasteiger partial charge in [-0.1, -0.05) is 43.3 Å². The van der Waals surface area contributed by atoms with E-state index in [-0.39, 0.29) is 11.8 Å². The average Bonchev–Trinajstić information content (AvgIpc) is 2.98. The topological polar surface area (TPSA) is 76.0 Å². The SMILES string of the molecule is CC(=O)OC1C(O)C(O)C2C3CCc4cc(OCc5ccccc5)ccc4C3CCC12C. The number of aliphatic hydroxyl groups excluding tert-OH is 2. The van der Waals surface area contributed by atoms with Gasteiger partial charge < -0.3 is 19.7 Å². The normalized spacial score (nSPS) is 35.4. The number of carbonyl (C=O) groups is 1. The molecule has 0 aliphatic heterocycles. The Morgan fingerprint density at radius 1 is 1.09 bits per heavy atom. The van der Waals surface area contributed by atoms with Crippen molar-refractivity contribution in [1.29, 1.82) is 0 Å². The maximum Gasteiger partial charge on any atom is 0.303 e. The fourth-order valence-corrected chi connectivity index (χ4v) is 6.81. The predicted molar refractivity (Wildman–Crippen MR) is 120 cm³/mol. The highest BCUT2D eigenvalue weighted by atomic mass is 16.6. The third kappa shape index (κ3) is 3.52. The molecular weight excluding hydrogens is 404 g/mol. The summed E-state index contributed by atoms with van der Waals surface area (Å²) in [4.78, 5) is 11.7. The van der Waals surface area contributed by atoms with Crippen molar-refractivity contribution in [1.82, 2.24) is 0 Å². The van der Waals surface area contributed by atoms with Crippen molar-refractivity contribution in [3.8, 4) is 5.75 Å². The number of fused-ring (bicyclic) bond motifs is 5. The Labute approximate surface area is 189 Å². The van der Waals surface area contributed by atoms with Crippen molar-refractivity contribution in [3.63, 3.8) is 0 Å².